The predicted molar refractivity (Wildman–Crippen MR) is 145 cm³/mol. The van der Waals surface area contributed by atoms with Gasteiger partial charge in [-0.1, -0.05) is 67.6 Å². The summed E-state index contributed by atoms with van der Waals surface area (Å²) in [6.07, 6.45) is 0.715. The number of nitrogens with one attached hydrogen (secondary N) is 3. The Bertz CT molecular complexity index is 1260. The van der Waals surface area contributed by atoms with E-state index in [9.17, 15) is 4.79 Å². The van der Waals surface area contributed by atoms with E-state index in [0.717, 1.165) is 32.7 Å². The van der Waals surface area contributed by atoms with Crippen molar-refractivity contribution in [3.63, 3.8) is 0 Å². The number of amides is 1. The fourth-order valence-electron chi connectivity index (χ4n) is 3.50. The molecule has 1 amide bonds. The number of anilines is 3. The molecule has 0 heterocycles. The minimum Gasteiger partial charge on any atom is -0.332 e. The highest BCUT2D eigenvalue weighted by atomic mass is 32.2. The Morgan fingerprint density at radius 2 is 1.48 bits per heavy atom. The largest absolute Gasteiger partial charge is 0.332 e. The molecule has 4 nitrogen and oxygen atoms in total. The molecule has 0 aliphatic heterocycles. The molecule has 166 valence electrons. The highest BCUT2D eigenvalue weighted by Crippen LogP contribution is 2.30. The van der Waals surface area contributed by atoms with Crippen molar-refractivity contribution in [3.05, 3.63) is 97.1 Å². The Kier molecular flexibility index (Phi) is 7.60. The summed E-state index contributed by atoms with van der Waals surface area (Å²) in [6.45, 7) is 2.03. The minimum atomic E-state index is -0.214. The summed E-state index contributed by atoms with van der Waals surface area (Å²) in [5.74, 6) is -0.00141. The van der Waals surface area contributed by atoms with Crippen molar-refractivity contribution in [3.8, 4) is 0 Å². The zero-order chi connectivity index (χ0) is 23.0. The summed E-state index contributed by atoms with van der Waals surface area (Å²) in [5, 5.41) is 12.0. The predicted octanol–water partition coefficient (Wildman–Crippen LogP) is 7.16. The van der Waals surface area contributed by atoms with Crippen LogP contribution in [0.3, 0.4) is 0 Å². The molecular formula is C27H25N3OS2. The van der Waals surface area contributed by atoms with Crippen LogP contribution in [0.25, 0.3) is 10.8 Å². The van der Waals surface area contributed by atoms with Crippen molar-refractivity contribution >= 4 is 62.8 Å². The average Bonchev–Trinajstić information content (AvgIpc) is 2.83. The van der Waals surface area contributed by atoms with Crippen LogP contribution in [0, 0.1) is 0 Å². The van der Waals surface area contributed by atoms with E-state index in [1.807, 2.05) is 104 Å². The molecule has 0 aliphatic rings. The Labute approximate surface area is 203 Å². The number of hydrogen-bond donors (Lipinski definition) is 3. The molecular weight excluding hydrogens is 446 g/mol. The van der Waals surface area contributed by atoms with Crippen molar-refractivity contribution < 1.29 is 4.79 Å². The highest BCUT2D eigenvalue weighted by molar-refractivity contribution is 8.00. The molecule has 0 fully saturated rings. The van der Waals surface area contributed by atoms with Gasteiger partial charge in [0.15, 0.2) is 5.11 Å². The Morgan fingerprint density at radius 1 is 0.818 bits per heavy atom. The van der Waals surface area contributed by atoms with Gasteiger partial charge in [-0.15, -0.1) is 11.8 Å². The van der Waals surface area contributed by atoms with Crippen LogP contribution in [0.15, 0.2) is 102 Å². The van der Waals surface area contributed by atoms with E-state index in [0.29, 0.717) is 11.5 Å². The van der Waals surface area contributed by atoms with E-state index in [1.165, 1.54) is 0 Å². The molecule has 6 heteroatoms. The first-order valence-corrected chi connectivity index (χ1v) is 12.1. The summed E-state index contributed by atoms with van der Waals surface area (Å²) in [6, 6.07) is 31.8. The molecule has 4 rings (SSSR count). The van der Waals surface area contributed by atoms with Crippen molar-refractivity contribution in [1.29, 1.82) is 0 Å². The topological polar surface area (TPSA) is 53.2 Å². The number of rotatable bonds is 7. The van der Waals surface area contributed by atoms with Crippen LogP contribution in [-0.4, -0.2) is 16.3 Å². The van der Waals surface area contributed by atoms with Gasteiger partial charge < -0.3 is 16.0 Å². The Morgan fingerprint density at radius 3 is 2.30 bits per heavy atom. The second-order valence-corrected chi connectivity index (χ2v) is 9.19. The molecule has 0 bridgehead atoms. The smallest absolute Gasteiger partial charge is 0.237 e. The first-order valence-electron chi connectivity index (χ1n) is 10.8. The Balaban J connectivity index is 1.41. The summed E-state index contributed by atoms with van der Waals surface area (Å²) in [4.78, 5) is 14.1. The fraction of sp³-hybridized carbons (Fsp3) is 0.111. The molecule has 1 unspecified atom stereocenters. The number of benzene rings is 4. The third kappa shape index (κ3) is 6.12. The SMILES string of the molecule is CCC(Sc1cccc(NC(=S)Nc2ccccc2)c1)C(=O)Nc1cccc2ccccc12. The summed E-state index contributed by atoms with van der Waals surface area (Å²) >= 11 is 6.98. The van der Waals surface area contributed by atoms with Crippen LogP contribution in [0.2, 0.25) is 0 Å². The van der Waals surface area contributed by atoms with Crippen molar-refractivity contribution in [2.45, 2.75) is 23.5 Å². The standard InChI is InChI=1S/C27H25N3OS2/c1-2-25(26(31)30-24-17-8-11-19-10-6-7-16-23(19)24)33-22-15-9-14-21(18-22)29-27(32)28-20-12-4-3-5-13-20/h3-18,25H,2H2,1H3,(H,30,31)(H2,28,29,32). The number of hydrogen-bond acceptors (Lipinski definition) is 3. The van der Waals surface area contributed by atoms with Crippen LogP contribution in [-0.2, 0) is 4.79 Å². The number of thiocarbonyl (C=S) groups is 1. The van der Waals surface area contributed by atoms with Crippen LogP contribution in [0.1, 0.15) is 13.3 Å². The normalized spacial score (nSPS) is 11.5. The van der Waals surface area contributed by atoms with Gasteiger partial charge in [0.05, 0.1) is 5.25 Å². The van der Waals surface area contributed by atoms with E-state index in [-0.39, 0.29) is 11.2 Å². The van der Waals surface area contributed by atoms with Gasteiger partial charge in [0.1, 0.15) is 0 Å². The highest BCUT2D eigenvalue weighted by Gasteiger charge is 2.19. The van der Waals surface area contributed by atoms with Gasteiger partial charge in [-0.3, -0.25) is 4.79 Å². The lowest BCUT2D eigenvalue weighted by molar-refractivity contribution is -0.115. The number of para-hydroxylation sites is 1. The molecule has 4 aromatic carbocycles. The van der Waals surface area contributed by atoms with E-state index >= 15 is 0 Å². The molecule has 0 spiro atoms. The number of carbonyl (C=O) groups is 1. The molecule has 0 saturated heterocycles. The van der Waals surface area contributed by atoms with Gasteiger partial charge in [0.2, 0.25) is 5.91 Å². The lowest BCUT2D eigenvalue weighted by atomic mass is 10.1. The van der Waals surface area contributed by atoms with Crippen molar-refractivity contribution in [2.24, 2.45) is 0 Å². The molecule has 33 heavy (non-hydrogen) atoms. The lowest BCUT2D eigenvalue weighted by Gasteiger charge is -2.17. The van der Waals surface area contributed by atoms with Gasteiger partial charge in [0.25, 0.3) is 0 Å². The van der Waals surface area contributed by atoms with Crippen LogP contribution in [0.4, 0.5) is 17.1 Å². The van der Waals surface area contributed by atoms with Crippen molar-refractivity contribution in [2.75, 3.05) is 16.0 Å². The monoisotopic (exact) mass is 471 g/mol. The first kappa shape index (κ1) is 22.8. The molecule has 0 aliphatic carbocycles. The lowest BCUT2D eigenvalue weighted by Crippen LogP contribution is -2.24. The fourth-order valence-corrected chi connectivity index (χ4v) is 4.75. The molecule has 1 atom stereocenters. The maximum Gasteiger partial charge on any atom is 0.237 e. The zero-order valence-electron chi connectivity index (χ0n) is 18.2. The second kappa shape index (κ2) is 11.0. The number of thioether (sulfide) groups is 1. The van der Waals surface area contributed by atoms with Gasteiger partial charge in [-0.2, -0.15) is 0 Å². The molecule has 0 aromatic heterocycles. The average molecular weight is 472 g/mol. The third-order valence-corrected chi connectivity index (χ3v) is 6.67. The first-order chi connectivity index (χ1) is 16.1. The maximum absolute atomic E-state index is 13.1. The van der Waals surface area contributed by atoms with Gasteiger partial charge in [-0.05, 0) is 60.4 Å². The maximum atomic E-state index is 13.1. The molecule has 4 aromatic rings. The quantitative estimate of drug-likeness (QED) is 0.197. The van der Waals surface area contributed by atoms with Gasteiger partial charge >= 0.3 is 0 Å². The molecule has 0 saturated carbocycles. The van der Waals surface area contributed by atoms with Crippen LogP contribution >= 0.6 is 24.0 Å². The zero-order valence-corrected chi connectivity index (χ0v) is 19.9. The Hall–Kier alpha value is -3.35. The van der Waals surface area contributed by atoms with Gasteiger partial charge in [0, 0.05) is 27.3 Å². The van der Waals surface area contributed by atoms with Crippen molar-refractivity contribution in [1.82, 2.24) is 0 Å². The van der Waals surface area contributed by atoms with E-state index in [1.54, 1.807) is 11.8 Å². The summed E-state index contributed by atoms with van der Waals surface area (Å²) in [5.41, 5.74) is 2.64. The van der Waals surface area contributed by atoms with Crippen LogP contribution < -0.4 is 16.0 Å². The van der Waals surface area contributed by atoms with E-state index < -0.39 is 0 Å². The van der Waals surface area contributed by atoms with E-state index in [4.69, 9.17) is 12.2 Å². The minimum absolute atomic E-state index is 0.00141. The van der Waals surface area contributed by atoms with E-state index in [2.05, 4.69) is 16.0 Å². The molecule has 0 radical (unpaired) electrons. The third-order valence-electron chi connectivity index (χ3n) is 5.11. The van der Waals surface area contributed by atoms with Crippen LogP contribution in [0.5, 0.6) is 0 Å². The summed E-state index contributed by atoms with van der Waals surface area (Å²) < 4.78 is 0. The molecule has 3 N–H and O–H groups in total. The number of carbonyl (C=O) groups excluding carboxylic acids is 1. The summed E-state index contributed by atoms with van der Waals surface area (Å²) in [7, 11) is 0. The number of fused-ring (bicyclic) bond motifs is 1. The second-order valence-electron chi connectivity index (χ2n) is 7.50. The van der Waals surface area contributed by atoms with Gasteiger partial charge in [-0.25, -0.2) is 0 Å².